The molecule has 0 spiro atoms. The summed E-state index contributed by atoms with van der Waals surface area (Å²) in [6.45, 7) is 5.04. The van der Waals surface area contributed by atoms with Crippen molar-refractivity contribution in [1.82, 2.24) is 0 Å². The number of hydrogen-bond donors (Lipinski definition) is 0. The SMILES string of the molecule is CCCCCC(CCC)COC(=O)C1CC2OC2CC1C(=O)OCc1ccccc1. The molecule has 0 N–H and O–H groups in total. The van der Waals surface area contributed by atoms with Gasteiger partial charge < -0.3 is 14.2 Å². The molecule has 1 aromatic rings. The van der Waals surface area contributed by atoms with Crippen LogP contribution in [0.2, 0.25) is 0 Å². The number of benzene rings is 1. The zero-order valence-corrected chi connectivity index (χ0v) is 18.4. The molecular formula is C25H36O5. The minimum Gasteiger partial charge on any atom is -0.465 e. The smallest absolute Gasteiger partial charge is 0.310 e. The molecule has 0 radical (unpaired) electrons. The number of epoxide rings is 1. The molecule has 5 atom stereocenters. The largest absolute Gasteiger partial charge is 0.465 e. The summed E-state index contributed by atoms with van der Waals surface area (Å²) < 4.78 is 16.9. The van der Waals surface area contributed by atoms with Crippen molar-refractivity contribution < 1.29 is 23.8 Å². The van der Waals surface area contributed by atoms with Crippen LogP contribution in [0.5, 0.6) is 0 Å². The van der Waals surface area contributed by atoms with Gasteiger partial charge in [-0.1, -0.05) is 69.9 Å². The first kappa shape index (κ1) is 22.8. The van der Waals surface area contributed by atoms with E-state index in [9.17, 15) is 9.59 Å². The topological polar surface area (TPSA) is 65.1 Å². The molecule has 5 nitrogen and oxygen atoms in total. The molecule has 1 aliphatic carbocycles. The number of esters is 2. The molecule has 1 aromatic carbocycles. The fraction of sp³-hybridized carbons (Fsp3) is 0.680. The lowest BCUT2D eigenvalue weighted by Crippen LogP contribution is -2.38. The maximum absolute atomic E-state index is 12.9. The van der Waals surface area contributed by atoms with Crippen molar-refractivity contribution in [2.75, 3.05) is 6.61 Å². The third kappa shape index (κ3) is 6.56. The second kappa shape index (κ2) is 11.5. The molecule has 3 rings (SSSR count). The fourth-order valence-electron chi connectivity index (χ4n) is 4.49. The predicted octanol–water partition coefficient (Wildman–Crippen LogP) is 5.06. The van der Waals surface area contributed by atoms with Gasteiger partial charge in [0.1, 0.15) is 6.61 Å². The van der Waals surface area contributed by atoms with Gasteiger partial charge in [0.25, 0.3) is 0 Å². The quantitative estimate of drug-likeness (QED) is 0.271. The molecule has 0 bridgehead atoms. The van der Waals surface area contributed by atoms with Gasteiger partial charge in [0.15, 0.2) is 0 Å². The number of carbonyl (C=O) groups is 2. The van der Waals surface area contributed by atoms with Crippen LogP contribution < -0.4 is 0 Å². The lowest BCUT2D eigenvalue weighted by molar-refractivity contribution is -0.163. The average Bonchev–Trinajstić information content (AvgIpc) is 3.54. The molecule has 166 valence electrons. The summed E-state index contributed by atoms with van der Waals surface area (Å²) in [6.07, 6.45) is 8.12. The van der Waals surface area contributed by atoms with Crippen LogP contribution in [0.3, 0.4) is 0 Å². The van der Waals surface area contributed by atoms with Crippen molar-refractivity contribution in [3.63, 3.8) is 0 Å². The Morgan fingerprint density at radius 2 is 1.60 bits per heavy atom. The summed E-state index contributed by atoms with van der Waals surface area (Å²) in [7, 11) is 0. The number of fused-ring (bicyclic) bond motifs is 1. The minimum absolute atomic E-state index is 0.0882. The van der Waals surface area contributed by atoms with Crippen LogP contribution in [0.4, 0.5) is 0 Å². The van der Waals surface area contributed by atoms with E-state index in [4.69, 9.17) is 14.2 Å². The van der Waals surface area contributed by atoms with Gasteiger partial charge in [-0.25, -0.2) is 0 Å². The van der Waals surface area contributed by atoms with Crippen LogP contribution in [-0.2, 0) is 30.4 Å². The van der Waals surface area contributed by atoms with E-state index in [1.807, 2.05) is 30.3 Å². The molecular weight excluding hydrogens is 380 g/mol. The highest BCUT2D eigenvalue weighted by Gasteiger charge is 2.53. The Labute approximate surface area is 180 Å². The Kier molecular flexibility index (Phi) is 8.74. The van der Waals surface area contributed by atoms with Gasteiger partial charge in [-0.3, -0.25) is 9.59 Å². The molecule has 2 aliphatic rings. The van der Waals surface area contributed by atoms with E-state index in [0.29, 0.717) is 25.4 Å². The zero-order chi connectivity index (χ0) is 21.3. The van der Waals surface area contributed by atoms with Gasteiger partial charge >= 0.3 is 11.9 Å². The molecule has 30 heavy (non-hydrogen) atoms. The highest BCUT2D eigenvalue weighted by Crippen LogP contribution is 2.44. The van der Waals surface area contributed by atoms with Crippen molar-refractivity contribution in [3.8, 4) is 0 Å². The molecule has 2 fully saturated rings. The van der Waals surface area contributed by atoms with Crippen LogP contribution in [0, 0.1) is 17.8 Å². The summed E-state index contributed by atoms with van der Waals surface area (Å²) in [4.78, 5) is 25.7. The third-order valence-corrected chi connectivity index (χ3v) is 6.35. The second-order valence-corrected chi connectivity index (χ2v) is 8.77. The van der Waals surface area contributed by atoms with Crippen molar-refractivity contribution in [2.24, 2.45) is 17.8 Å². The van der Waals surface area contributed by atoms with E-state index < -0.39 is 11.8 Å². The predicted molar refractivity (Wildman–Crippen MR) is 115 cm³/mol. The van der Waals surface area contributed by atoms with Crippen LogP contribution in [-0.4, -0.2) is 30.8 Å². The number of ether oxygens (including phenoxy) is 3. The molecule has 5 unspecified atom stereocenters. The molecule has 0 amide bonds. The summed E-state index contributed by atoms with van der Waals surface area (Å²) in [6, 6.07) is 9.61. The van der Waals surface area contributed by atoms with Crippen molar-refractivity contribution >= 4 is 11.9 Å². The summed E-state index contributed by atoms with van der Waals surface area (Å²) in [5.41, 5.74) is 0.941. The lowest BCUT2D eigenvalue weighted by Gasteiger charge is -2.27. The highest BCUT2D eigenvalue weighted by molar-refractivity contribution is 5.82. The van der Waals surface area contributed by atoms with Crippen molar-refractivity contribution in [2.45, 2.75) is 84.0 Å². The third-order valence-electron chi connectivity index (χ3n) is 6.35. The lowest BCUT2D eigenvalue weighted by atomic mass is 9.79. The Hall–Kier alpha value is -1.88. The first-order chi connectivity index (χ1) is 14.6. The Balaban J connectivity index is 1.53. The first-order valence-electron chi connectivity index (χ1n) is 11.6. The number of hydrogen-bond acceptors (Lipinski definition) is 5. The van der Waals surface area contributed by atoms with Gasteiger partial charge in [-0.2, -0.15) is 0 Å². The highest BCUT2D eigenvalue weighted by atomic mass is 16.6. The van der Waals surface area contributed by atoms with E-state index in [-0.39, 0.29) is 30.8 Å². The minimum atomic E-state index is -0.477. The number of unbranched alkanes of at least 4 members (excludes halogenated alkanes) is 2. The van der Waals surface area contributed by atoms with Gasteiger partial charge in [-0.15, -0.1) is 0 Å². The van der Waals surface area contributed by atoms with Crippen LogP contribution in [0.1, 0.15) is 70.8 Å². The number of rotatable bonds is 12. The summed E-state index contributed by atoms with van der Waals surface area (Å²) >= 11 is 0. The Morgan fingerprint density at radius 1 is 0.933 bits per heavy atom. The van der Waals surface area contributed by atoms with Crippen LogP contribution in [0.25, 0.3) is 0 Å². The van der Waals surface area contributed by atoms with E-state index in [1.165, 1.54) is 19.3 Å². The van der Waals surface area contributed by atoms with Crippen LogP contribution >= 0.6 is 0 Å². The Bertz CT molecular complexity index is 673. The van der Waals surface area contributed by atoms with E-state index in [1.54, 1.807) is 0 Å². The first-order valence-corrected chi connectivity index (χ1v) is 11.6. The number of carbonyl (C=O) groups excluding carboxylic acids is 2. The molecule has 0 aromatic heterocycles. The summed E-state index contributed by atoms with van der Waals surface area (Å²) in [5, 5.41) is 0. The Morgan fingerprint density at radius 3 is 2.23 bits per heavy atom. The second-order valence-electron chi connectivity index (χ2n) is 8.77. The standard InChI is InChI=1S/C25H36O5/c1-3-5-7-11-18(10-4-2)16-28-24(26)20-14-22-23(30-22)15-21(20)25(27)29-17-19-12-8-6-9-13-19/h6,8-9,12-13,18,20-23H,3-5,7,10-11,14-17H2,1-2H3. The molecule has 1 saturated carbocycles. The van der Waals surface area contributed by atoms with Gasteiger partial charge in [0, 0.05) is 0 Å². The molecule has 1 heterocycles. The molecule has 5 heteroatoms. The molecule has 1 saturated heterocycles. The fourth-order valence-corrected chi connectivity index (χ4v) is 4.49. The van der Waals surface area contributed by atoms with Gasteiger partial charge in [0.05, 0.1) is 30.7 Å². The van der Waals surface area contributed by atoms with E-state index in [2.05, 4.69) is 13.8 Å². The zero-order valence-electron chi connectivity index (χ0n) is 18.4. The van der Waals surface area contributed by atoms with Gasteiger partial charge in [-0.05, 0) is 37.2 Å². The van der Waals surface area contributed by atoms with E-state index >= 15 is 0 Å². The van der Waals surface area contributed by atoms with E-state index in [0.717, 1.165) is 24.8 Å². The maximum Gasteiger partial charge on any atom is 0.310 e. The molecule has 1 aliphatic heterocycles. The van der Waals surface area contributed by atoms with Crippen molar-refractivity contribution in [3.05, 3.63) is 35.9 Å². The average molecular weight is 417 g/mol. The maximum atomic E-state index is 12.9. The summed E-state index contributed by atoms with van der Waals surface area (Å²) in [5.74, 6) is -1.11. The van der Waals surface area contributed by atoms with Gasteiger partial charge in [0.2, 0.25) is 0 Å². The monoisotopic (exact) mass is 416 g/mol. The normalized spacial score (nSPS) is 25.8. The van der Waals surface area contributed by atoms with Crippen molar-refractivity contribution in [1.29, 1.82) is 0 Å². The van der Waals surface area contributed by atoms with Crippen LogP contribution in [0.15, 0.2) is 30.3 Å².